The van der Waals surface area contributed by atoms with Crippen molar-refractivity contribution in [3.8, 4) is 0 Å². The van der Waals surface area contributed by atoms with Gasteiger partial charge >= 0.3 is 0 Å². The Hall–Kier alpha value is -0.390. The van der Waals surface area contributed by atoms with E-state index in [4.69, 9.17) is 0 Å². The molecule has 1 atom stereocenters. The van der Waals surface area contributed by atoms with Gasteiger partial charge in [-0.2, -0.15) is 0 Å². The second-order valence-electron chi connectivity index (χ2n) is 3.66. The van der Waals surface area contributed by atoms with Crippen LogP contribution in [0.3, 0.4) is 0 Å². The van der Waals surface area contributed by atoms with Crippen molar-refractivity contribution in [1.29, 1.82) is 0 Å². The van der Waals surface area contributed by atoms with Crippen molar-refractivity contribution in [2.24, 2.45) is 0 Å². The van der Waals surface area contributed by atoms with E-state index in [0.29, 0.717) is 12.6 Å². The molecular weight excluding hydrogens is 276 g/mol. The van der Waals surface area contributed by atoms with Crippen LogP contribution < -0.4 is 5.32 Å². The monoisotopic (exact) mass is 290 g/mol. The van der Waals surface area contributed by atoms with Gasteiger partial charge in [-0.25, -0.2) is 0 Å². The van der Waals surface area contributed by atoms with Crippen molar-refractivity contribution in [3.05, 3.63) is 20.8 Å². The van der Waals surface area contributed by atoms with Gasteiger partial charge in [0.25, 0.3) is 5.91 Å². The molecule has 15 heavy (non-hydrogen) atoms. The van der Waals surface area contributed by atoms with Gasteiger partial charge in [0.2, 0.25) is 0 Å². The topological polar surface area (TPSA) is 32.3 Å². The van der Waals surface area contributed by atoms with Crippen molar-refractivity contribution in [1.82, 2.24) is 10.2 Å². The van der Waals surface area contributed by atoms with Gasteiger partial charge in [0.15, 0.2) is 0 Å². The van der Waals surface area contributed by atoms with Crippen molar-refractivity contribution in [2.75, 3.05) is 20.6 Å². The molecule has 0 aliphatic heterocycles. The van der Waals surface area contributed by atoms with Crippen molar-refractivity contribution in [3.63, 3.8) is 0 Å². The van der Waals surface area contributed by atoms with E-state index in [9.17, 15) is 4.79 Å². The average molecular weight is 291 g/mol. The number of nitrogens with zero attached hydrogens (tertiary/aromatic N) is 1. The van der Waals surface area contributed by atoms with E-state index >= 15 is 0 Å². The van der Waals surface area contributed by atoms with E-state index in [1.54, 1.807) is 0 Å². The highest BCUT2D eigenvalue weighted by atomic mass is 79.9. The smallest absolute Gasteiger partial charge is 0.252 e. The number of carbonyl (C=O) groups is 1. The molecule has 5 heteroatoms. The minimum absolute atomic E-state index is 0.00866. The number of carbonyl (C=O) groups excluding carboxylic acids is 1. The van der Waals surface area contributed by atoms with Gasteiger partial charge in [0.05, 0.1) is 9.35 Å². The van der Waals surface area contributed by atoms with Crippen LogP contribution in [-0.2, 0) is 0 Å². The standard InChI is InChI=1S/C10H15BrN2OS/c1-7(13(2)3)5-12-10(14)8-4-9(11)15-6-8/h4,6-7H,5H2,1-3H3,(H,12,14). The third kappa shape index (κ3) is 3.93. The van der Waals surface area contributed by atoms with Crippen LogP contribution in [0.15, 0.2) is 15.2 Å². The highest BCUT2D eigenvalue weighted by molar-refractivity contribution is 9.11. The second-order valence-corrected chi connectivity index (χ2v) is 5.95. The van der Waals surface area contributed by atoms with Crippen LogP contribution >= 0.6 is 27.3 Å². The largest absolute Gasteiger partial charge is 0.350 e. The van der Waals surface area contributed by atoms with Crippen LogP contribution in [0.5, 0.6) is 0 Å². The number of likely N-dealkylation sites (N-methyl/N-ethyl adjacent to an activating group) is 1. The predicted octanol–water partition coefficient (Wildman–Crippen LogP) is 2.19. The Kier molecular flexibility index (Phi) is 4.76. The molecule has 1 rings (SSSR count). The van der Waals surface area contributed by atoms with Crippen molar-refractivity contribution < 1.29 is 4.79 Å². The summed E-state index contributed by atoms with van der Waals surface area (Å²) in [6, 6.07) is 2.18. The highest BCUT2D eigenvalue weighted by Crippen LogP contribution is 2.20. The van der Waals surface area contributed by atoms with E-state index in [-0.39, 0.29) is 5.91 Å². The number of rotatable bonds is 4. The maximum atomic E-state index is 11.6. The fourth-order valence-corrected chi connectivity index (χ4v) is 2.09. The zero-order valence-corrected chi connectivity index (χ0v) is 11.5. The lowest BCUT2D eigenvalue weighted by molar-refractivity contribution is 0.0944. The Morgan fingerprint density at radius 2 is 2.33 bits per heavy atom. The lowest BCUT2D eigenvalue weighted by Crippen LogP contribution is -2.38. The molecule has 1 aromatic heterocycles. The number of hydrogen-bond donors (Lipinski definition) is 1. The molecule has 1 unspecified atom stereocenters. The normalized spacial score (nSPS) is 12.9. The van der Waals surface area contributed by atoms with Crippen LogP contribution in [0.2, 0.25) is 0 Å². The summed E-state index contributed by atoms with van der Waals surface area (Å²) in [6.45, 7) is 2.74. The first-order valence-electron chi connectivity index (χ1n) is 4.69. The molecule has 0 fully saturated rings. The molecule has 0 aliphatic rings. The lowest BCUT2D eigenvalue weighted by Gasteiger charge is -2.19. The molecule has 0 aliphatic carbocycles. The molecule has 1 N–H and O–H groups in total. The van der Waals surface area contributed by atoms with Gasteiger partial charge in [-0.1, -0.05) is 0 Å². The SMILES string of the molecule is CC(CNC(=O)c1csc(Br)c1)N(C)C. The van der Waals surface area contributed by atoms with Crippen LogP contribution in [-0.4, -0.2) is 37.5 Å². The summed E-state index contributed by atoms with van der Waals surface area (Å²) < 4.78 is 0.980. The summed E-state index contributed by atoms with van der Waals surface area (Å²) in [4.78, 5) is 13.7. The van der Waals surface area contributed by atoms with Crippen molar-refractivity contribution >= 4 is 33.2 Å². The quantitative estimate of drug-likeness (QED) is 0.922. The maximum Gasteiger partial charge on any atom is 0.252 e. The Bertz CT molecular complexity index is 338. The summed E-state index contributed by atoms with van der Waals surface area (Å²) in [7, 11) is 4.00. The zero-order chi connectivity index (χ0) is 11.4. The Balaban J connectivity index is 2.43. The molecule has 0 radical (unpaired) electrons. The number of hydrogen-bond acceptors (Lipinski definition) is 3. The molecule has 0 bridgehead atoms. The van der Waals surface area contributed by atoms with E-state index in [2.05, 4.69) is 33.1 Å². The van der Waals surface area contributed by atoms with Crippen LogP contribution in [0.4, 0.5) is 0 Å². The highest BCUT2D eigenvalue weighted by Gasteiger charge is 2.10. The van der Waals surface area contributed by atoms with Gasteiger partial charge in [0, 0.05) is 18.0 Å². The number of nitrogens with one attached hydrogen (secondary N) is 1. The molecule has 0 saturated heterocycles. The number of thiophene rings is 1. The van der Waals surface area contributed by atoms with Gasteiger partial charge in [-0.15, -0.1) is 11.3 Å². The third-order valence-corrected chi connectivity index (χ3v) is 3.77. The van der Waals surface area contributed by atoms with E-state index in [1.807, 2.05) is 25.5 Å². The first-order valence-corrected chi connectivity index (χ1v) is 6.36. The van der Waals surface area contributed by atoms with Crippen LogP contribution in [0.1, 0.15) is 17.3 Å². The van der Waals surface area contributed by atoms with Crippen molar-refractivity contribution in [2.45, 2.75) is 13.0 Å². The van der Waals surface area contributed by atoms with Crippen LogP contribution in [0.25, 0.3) is 0 Å². The predicted molar refractivity (Wildman–Crippen MR) is 67.5 cm³/mol. The zero-order valence-electron chi connectivity index (χ0n) is 9.08. The summed E-state index contributed by atoms with van der Waals surface area (Å²) >= 11 is 4.85. The molecule has 1 amide bonds. The molecule has 84 valence electrons. The lowest BCUT2D eigenvalue weighted by atomic mass is 10.3. The Morgan fingerprint density at radius 3 is 2.80 bits per heavy atom. The molecule has 1 heterocycles. The summed E-state index contributed by atoms with van der Waals surface area (Å²) in [6.07, 6.45) is 0. The summed E-state index contributed by atoms with van der Waals surface area (Å²) in [5.41, 5.74) is 0.720. The van der Waals surface area contributed by atoms with Gasteiger partial charge in [-0.3, -0.25) is 4.79 Å². The molecule has 0 saturated carbocycles. The maximum absolute atomic E-state index is 11.6. The van der Waals surface area contributed by atoms with E-state index in [0.717, 1.165) is 9.35 Å². The molecule has 3 nitrogen and oxygen atoms in total. The average Bonchev–Trinajstić information content (AvgIpc) is 2.60. The molecule has 1 aromatic rings. The fourth-order valence-electron chi connectivity index (χ4n) is 0.954. The first kappa shape index (κ1) is 12.7. The van der Waals surface area contributed by atoms with Gasteiger partial charge in [0.1, 0.15) is 0 Å². The third-order valence-electron chi connectivity index (χ3n) is 2.27. The van der Waals surface area contributed by atoms with Gasteiger partial charge < -0.3 is 10.2 Å². The summed E-state index contributed by atoms with van der Waals surface area (Å²) in [5, 5.41) is 4.75. The van der Waals surface area contributed by atoms with E-state index < -0.39 is 0 Å². The Morgan fingerprint density at radius 1 is 1.67 bits per heavy atom. The van der Waals surface area contributed by atoms with Gasteiger partial charge in [-0.05, 0) is 43.0 Å². The van der Waals surface area contributed by atoms with Crippen LogP contribution in [0, 0.1) is 0 Å². The number of halogens is 1. The molecule has 0 spiro atoms. The van der Waals surface area contributed by atoms with E-state index in [1.165, 1.54) is 11.3 Å². The first-order chi connectivity index (χ1) is 7.00. The summed E-state index contributed by atoms with van der Waals surface area (Å²) in [5.74, 6) is -0.00866. The molecule has 0 aromatic carbocycles. The fraction of sp³-hybridized carbons (Fsp3) is 0.500. The molecular formula is C10H15BrN2OS. The Labute approximate surface area is 103 Å². The minimum atomic E-state index is -0.00866. The minimum Gasteiger partial charge on any atom is -0.350 e. The number of amides is 1. The second kappa shape index (κ2) is 5.63.